The molecule has 0 radical (unpaired) electrons. The van der Waals surface area contributed by atoms with E-state index in [1.165, 1.54) is 10.4 Å². The van der Waals surface area contributed by atoms with Gasteiger partial charge in [-0.1, -0.05) is 81.4 Å². The van der Waals surface area contributed by atoms with E-state index in [0.29, 0.717) is 18.6 Å². The van der Waals surface area contributed by atoms with Crippen molar-refractivity contribution in [2.45, 2.75) is 64.3 Å². The lowest BCUT2D eigenvalue weighted by Crippen LogP contribution is -2.68. The van der Waals surface area contributed by atoms with Crippen LogP contribution in [-0.4, -0.2) is 49.9 Å². The molecule has 6 heteroatoms. The van der Waals surface area contributed by atoms with Gasteiger partial charge in [-0.3, -0.25) is 4.79 Å². The van der Waals surface area contributed by atoms with Crippen molar-refractivity contribution in [3.8, 4) is 0 Å². The first kappa shape index (κ1) is 23.5. The third-order valence-corrected chi connectivity index (χ3v) is 11.8. The number of fused-ring (bicyclic) bond motifs is 1. The summed E-state index contributed by atoms with van der Waals surface area (Å²) in [4.78, 5) is 26.8. The molecule has 2 aromatic carbocycles. The van der Waals surface area contributed by atoms with E-state index in [4.69, 9.17) is 9.16 Å². The molecule has 0 aromatic heterocycles. The Kier molecular flexibility index (Phi) is 6.34. The summed E-state index contributed by atoms with van der Waals surface area (Å²) in [6.45, 7) is 10.4. The summed E-state index contributed by atoms with van der Waals surface area (Å²) in [5.74, 6) is -0.315. The number of carbonyl (C=O) groups is 2. The number of carbonyl (C=O) groups excluding carboxylic acids is 2. The molecule has 1 unspecified atom stereocenters. The lowest BCUT2D eigenvalue weighted by Gasteiger charge is -2.45. The van der Waals surface area contributed by atoms with Gasteiger partial charge in [-0.05, 0) is 28.4 Å². The first-order valence-corrected chi connectivity index (χ1v) is 13.6. The Morgan fingerprint density at radius 1 is 1.00 bits per heavy atom. The quantitative estimate of drug-likeness (QED) is 0.374. The van der Waals surface area contributed by atoms with E-state index >= 15 is 0 Å². The van der Waals surface area contributed by atoms with Crippen molar-refractivity contribution >= 4 is 30.6 Å². The number of ether oxygens (including phenoxy) is 1. The van der Waals surface area contributed by atoms with Crippen LogP contribution in [0.15, 0.2) is 72.3 Å². The van der Waals surface area contributed by atoms with E-state index in [0.717, 1.165) is 0 Å². The highest BCUT2D eigenvalue weighted by molar-refractivity contribution is 6.99. The average Bonchev–Trinajstić information content (AvgIpc) is 3.53. The number of amides is 1. The zero-order chi connectivity index (χ0) is 23.8. The summed E-state index contributed by atoms with van der Waals surface area (Å²) < 4.78 is 12.6. The van der Waals surface area contributed by atoms with E-state index in [9.17, 15) is 9.59 Å². The Bertz CT molecular complexity index is 1010. The summed E-state index contributed by atoms with van der Waals surface area (Å²) in [6, 6.07) is 20.7. The van der Waals surface area contributed by atoms with Gasteiger partial charge in [0.05, 0.1) is 24.8 Å². The number of rotatable bonds is 6. The minimum Gasteiger partial charge on any atom is -0.463 e. The molecular weight excluding hydrogens is 430 g/mol. The Balaban J connectivity index is 1.82. The maximum atomic E-state index is 12.6. The summed E-state index contributed by atoms with van der Waals surface area (Å²) in [7, 11) is -2.82. The van der Waals surface area contributed by atoms with Gasteiger partial charge in [-0.15, -0.1) is 0 Å². The first-order valence-electron chi connectivity index (χ1n) is 11.7. The van der Waals surface area contributed by atoms with Crippen LogP contribution in [0.4, 0.5) is 0 Å². The molecule has 174 valence electrons. The van der Waals surface area contributed by atoms with Gasteiger partial charge in [0.15, 0.2) is 0 Å². The number of hydrogen-bond acceptors (Lipinski definition) is 4. The van der Waals surface area contributed by atoms with E-state index < -0.39 is 8.32 Å². The van der Waals surface area contributed by atoms with Crippen molar-refractivity contribution < 1.29 is 18.8 Å². The Morgan fingerprint density at radius 3 is 2.00 bits per heavy atom. The van der Waals surface area contributed by atoms with Gasteiger partial charge in [0.25, 0.3) is 8.32 Å². The molecule has 33 heavy (non-hydrogen) atoms. The third-order valence-electron chi connectivity index (χ3n) is 6.72. The zero-order valence-electron chi connectivity index (χ0n) is 20.1. The van der Waals surface area contributed by atoms with Crippen LogP contribution in [-0.2, 0) is 18.8 Å². The highest BCUT2D eigenvalue weighted by Gasteiger charge is 2.60. The predicted octanol–water partition coefficient (Wildman–Crippen LogP) is 3.42. The molecule has 4 rings (SSSR count). The van der Waals surface area contributed by atoms with Crippen LogP contribution in [0.25, 0.3) is 0 Å². The fourth-order valence-corrected chi connectivity index (χ4v) is 9.97. The van der Waals surface area contributed by atoms with Crippen molar-refractivity contribution in [2.75, 3.05) is 6.61 Å². The fraction of sp³-hybridized carbons (Fsp3) is 0.407. The molecule has 1 fully saturated rings. The van der Waals surface area contributed by atoms with Crippen LogP contribution < -0.4 is 10.4 Å². The van der Waals surface area contributed by atoms with Crippen LogP contribution >= 0.6 is 0 Å². The van der Waals surface area contributed by atoms with Gasteiger partial charge < -0.3 is 14.1 Å². The molecule has 2 aromatic rings. The Labute approximate surface area is 197 Å². The van der Waals surface area contributed by atoms with Crippen LogP contribution in [0, 0.1) is 0 Å². The van der Waals surface area contributed by atoms with Crippen molar-refractivity contribution in [3.05, 3.63) is 72.3 Å². The summed E-state index contributed by atoms with van der Waals surface area (Å²) in [5.41, 5.74) is 0.602. The largest absolute Gasteiger partial charge is 0.463 e. The average molecular weight is 464 g/mol. The van der Waals surface area contributed by atoms with E-state index in [2.05, 4.69) is 69.3 Å². The molecule has 0 N–H and O–H groups in total. The van der Waals surface area contributed by atoms with Crippen LogP contribution in [0.3, 0.4) is 0 Å². The van der Waals surface area contributed by atoms with Crippen molar-refractivity contribution in [3.63, 3.8) is 0 Å². The van der Waals surface area contributed by atoms with Gasteiger partial charge in [-0.25, -0.2) is 4.79 Å². The predicted molar refractivity (Wildman–Crippen MR) is 132 cm³/mol. The number of benzene rings is 2. The smallest absolute Gasteiger partial charge is 0.333 e. The lowest BCUT2D eigenvalue weighted by molar-refractivity contribution is -0.139. The molecule has 0 saturated carbocycles. The summed E-state index contributed by atoms with van der Waals surface area (Å²) in [5, 5.41) is 2.18. The molecule has 0 bridgehead atoms. The second-order valence-electron chi connectivity index (χ2n) is 9.84. The number of hydrogen-bond donors (Lipinski definition) is 0. The van der Waals surface area contributed by atoms with Crippen molar-refractivity contribution in [1.29, 1.82) is 0 Å². The molecule has 3 atom stereocenters. The molecule has 2 aliphatic rings. The number of esters is 1. The maximum absolute atomic E-state index is 12.6. The normalized spacial score (nSPS) is 22.3. The van der Waals surface area contributed by atoms with Crippen molar-refractivity contribution in [2.24, 2.45) is 0 Å². The second kappa shape index (κ2) is 8.91. The molecule has 1 amide bonds. The standard InChI is InChI=1S/C27H33NO4Si/c1-6-31-26(30)20-17-23-25(28(23)19(2)29)24(18-20)32-33(27(3,4)5,21-13-9-7-10-14-21)22-15-11-8-12-16-22/h7-17,23-25H,6,18H2,1-5H3/t23?,24-,25-,28?/m0/s1. The van der Waals surface area contributed by atoms with Gasteiger partial charge in [0, 0.05) is 18.9 Å². The zero-order valence-corrected chi connectivity index (χ0v) is 21.1. The molecule has 1 saturated heterocycles. The van der Waals surface area contributed by atoms with Crippen LogP contribution in [0.1, 0.15) is 41.0 Å². The summed E-state index contributed by atoms with van der Waals surface area (Å²) >= 11 is 0. The molecule has 1 aliphatic heterocycles. The monoisotopic (exact) mass is 463 g/mol. The minimum atomic E-state index is -2.82. The van der Waals surface area contributed by atoms with E-state index in [1.54, 1.807) is 13.8 Å². The Hall–Kier alpha value is -2.70. The van der Waals surface area contributed by atoms with Gasteiger partial charge in [0.1, 0.15) is 0 Å². The minimum absolute atomic E-state index is 0.00223. The molecular formula is C27H33NO4Si. The van der Waals surface area contributed by atoms with E-state index in [1.807, 2.05) is 23.1 Å². The highest BCUT2D eigenvalue weighted by Crippen LogP contribution is 2.45. The van der Waals surface area contributed by atoms with E-state index in [-0.39, 0.29) is 35.1 Å². The molecule has 5 nitrogen and oxygen atoms in total. The number of nitrogens with zero attached hydrogens (tertiary/aromatic N) is 1. The second-order valence-corrected chi connectivity index (χ2v) is 14.1. The Morgan fingerprint density at radius 2 is 1.55 bits per heavy atom. The molecule has 1 heterocycles. The molecule has 0 spiro atoms. The topological polar surface area (TPSA) is 55.6 Å². The maximum Gasteiger partial charge on any atom is 0.333 e. The fourth-order valence-electron chi connectivity index (χ4n) is 5.28. The van der Waals surface area contributed by atoms with Crippen LogP contribution in [0.2, 0.25) is 5.04 Å². The lowest BCUT2D eigenvalue weighted by atomic mass is 9.97. The third kappa shape index (κ3) is 4.18. The van der Waals surface area contributed by atoms with Gasteiger partial charge in [0.2, 0.25) is 5.91 Å². The van der Waals surface area contributed by atoms with Gasteiger partial charge in [-0.2, -0.15) is 0 Å². The highest BCUT2D eigenvalue weighted by atomic mass is 28.4. The SMILES string of the molecule is CCOC(=O)C1=CC2[C@@H]([C@@H](O[Si](c3ccccc3)(c3ccccc3)C(C)(C)C)C1)N2C(C)=O. The first-order chi connectivity index (χ1) is 15.7. The van der Waals surface area contributed by atoms with Crippen molar-refractivity contribution in [1.82, 2.24) is 4.90 Å². The van der Waals surface area contributed by atoms with Crippen LogP contribution in [0.5, 0.6) is 0 Å². The molecule has 1 aliphatic carbocycles. The summed E-state index contributed by atoms with van der Waals surface area (Å²) in [6.07, 6.45) is 2.05. The van der Waals surface area contributed by atoms with Gasteiger partial charge >= 0.3 is 5.97 Å².